The number of likely N-dealkylation sites (tertiary alicyclic amines) is 1. The number of rotatable bonds is 9. The molecule has 1 aliphatic carbocycles. The molecule has 0 N–H and O–H groups in total. The fourth-order valence-electron chi connectivity index (χ4n) is 4.85. The third-order valence-corrected chi connectivity index (χ3v) is 8.05. The highest BCUT2D eigenvalue weighted by molar-refractivity contribution is 7.18. The van der Waals surface area contributed by atoms with Crippen LogP contribution < -0.4 is 4.74 Å². The minimum absolute atomic E-state index is 0.129. The van der Waals surface area contributed by atoms with Gasteiger partial charge in [-0.2, -0.15) is 0 Å². The van der Waals surface area contributed by atoms with Gasteiger partial charge in [-0.05, 0) is 93.8 Å². The van der Waals surface area contributed by atoms with Crippen molar-refractivity contribution in [2.75, 3.05) is 26.7 Å². The maximum absolute atomic E-state index is 12.9. The number of ketones is 1. The Morgan fingerprint density at radius 1 is 1.18 bits per heavy atom. The average Bonchev–Trinajstić information content (AvgIpc) is 3.56. The number of piperidine rings is 1. The molecule has 0 unspecified atom stereocenters. The Labute approximate surface area is 209 Å². The monoisotopic (exact) mass is 498 g/mol. The highest BCUT2D eigenvalue weighted by Gasteiger charge is 2.30. The van der Waals surface area contributed by atoms with Crippen molar-refractivity contribution in [3.63, 3.8) is 0 Å². The van der Waals surface area contributed by atoms with Gasteiger partial charge >= 0.3 is 0 Å². The number of fused-ring (bicyclic) bond motifs is 1. The highest BCUT2D eigenvalue weighted by atomic mass is 35.5. The van der Waals surface area contributed by atoms with Crippen molar-refractivity contribution < 1.29 is 9.53 Å². The molecule has 0 atom stereocenters. The number of hydrogen-bond donors (Lipinski definition) is 0. The average molecular weight is 499 g/mol. The molecule has 8 heteroatoms. The summed E-state index contributed by atoms with van der Waals surface area (Å²) in [6, 6.07) is 1.81. The molecule has 1 saturated heterocycles. The molecule has 3 aromatic heterocycles. The number of aryl methyl sites for hydroxylation is 1. The van der Waals surface area contributed by atoms with E-state index in [2.05, 4.69) is 21.9 Å². The fourth-order valence-corrected chi connectivity index (χ4v) is 5.87. The van der Waals surface area contributed by atoms with Gasteiger partial charge in [-0.15, -0.1) is 0 Å². The number of pyridine rings is 2. The van der Waals surface area contributed by atoms with E-state index >= 15 is 0 Å². The van der Waals surface area contributed by atoms with Gasteiger partial charge in [-0.1, -0.05) is 22.9 Å². The lowest BCUT2D eigenvalue weighted by molar-refractivity contribution is -0.117. The van der Waals surface area contributed by atoms with Crippen molar-refractivity contribution in [3.8, 4) is 5.88 Å². The predicted molar refractivity (Wildman–Crippen MR) is 136 cm³/mol. The van der Waals surface area contributed by atoms with Crippen LogP contribution in [0.3, 0.4) is 0 Å². The van der Waals surface area contributed by atoms with Gasteiger partial charge in [0, 0.05) is 25.2 Å². The summed E-state index contributed by atoms with van der Waals surface area (Å²) in [6.45, 7) is 4.94. The van der Waals surface area contributed by atoms with Crippen LogP contribution in [-0.2, 0) is 17.6 Å². The maximum atomic E-state index is 12.9. The number of carbonyl (C=O) groups is 1. The quantitative estimate of drug-likeness (QED) is 0.394. The zero-order chi connectivity index (χ0) is 23.7. The first-order valence-corrected chi connectivity index (χ1v) is 13.4. The largest absolute Gasteiger partial charge is 0.477 e. The molecule has 2 fully saturated rings. The molecule has 4 heterocycles. The summed E-state index contributed by atoms with van der Waals surface area (Å²) in [4.78, 5) is 30.0. The van der Waals surface area contributed by atoms with Crippen molar-refractivity contribution in [3.05, 3.63) is 45.2 Å². The van der Waals surface area contributed by atoms with Crippen LogP contribution in [0.4, 0.5) is 0 Å². The predicted octanol–water partition coefficient (Wildman–Crippen LogP) is 5.39. The summed E-state index contributed by atoms with van der Waals surface area (Å²) < 4.78 is 5.86. The molecular formula is C26H31ClN4O2S. The number of nitrogens with zero attached hydrogens (tertiary/aromatic N) is 4. The molecule has 3 aromatic rings. The smallest absolute Gasteiger partial charge is 0.232 e. The van der Waals surface area contributed by atoms with E-state index in [0.717, 1.165) is 58.8 Å². The van der Waals surface area contributed by atoms with Crippen LogP contribution in [0.25, 0.3) is 10.3 Å². The van der Waals surface area contributed by atoms with Gasteiger partial charge in [-0.3, -0.25) is 4.79 Å². The Hall–Kier alpha value is -2.09. The van der Waals surface area contributed by atoms with Crippen molar-refractivity contribution >= 4 is 39.1 Å². The number of ether oxygens (including phenoxy) is 1. The molecule has 2 aliphatic rings. The van der Waals surface area contributed by atoms with Crippen LogP contribution in [0.1, 0.15) is 59.7 Å². The molecule has 5 rings (SSSR count). The van der Waals surface area contributed by atoms with Crippen LogP contribution in [0, 0.1) is 12.8 Å². The van der Waals surface area contributed by atoms with Crippen molar-refractivity contribution in [1.29, 1.82) is 0 Å². The number of halogens is 1. The molecule has 0 spiro atoms. The summed E-state index contributed by atoms with van der Waals surface area (Å²) >= 11 is 8.05. The summed E-state index contributed by atoms with van der Waals surface area (Å²) in [6.07, 6.45) is 10.0. The summed E-state index contributed by atoms with van der Waals surface area (Å²) in [5, 5.41) is 1.48. The fraction of sp³-hybridized carbons (Fsp3) is 0.538. The standard InChI is InChI=1S/C26H31ClN4O2S/c1-16-30-24-23(19-3-4-19)20(15-29-26(24)34-16)13-21(32)11-18-12-22(27)25(28-14-18)33-10-7-17-5-8-31(2)9-6-17/h12,14-15,17,19H,3-11,13H2,1-2H3. The second-order valence-electron chi connectivity index (χ2n) is 9.76. The molecular weight excluding hydrogens is 468 g/mol. The Kier molecular flexibility index (Phi) is 7.14. The molecule has 1 aliphatic heterocycles. The second-order valence-corrected chi connectivity index (χ2v) is 11.4. The topological polar surface area (TPSA) is 68.2 Å². The van der Waals surface area contributed by atoms with Gasteiger partial charge in [0.2, 0.25) is 5.88 Å². The number of hydrogen-bond acceptors (Lipinski definition) is 7. The molecule has 34 heavy (non-hydrogen) atoms. The molecule has 180 valence electrons. The van der Waals surface area contributed by atoms with Gasteiger partial charge < -0.3 is 9.64 Å². The van der Waals surface area contributed by atoms with Gasteiger partial charge in [0.15, 0.2) is 0 Å². The number of Topliss-reactive ketones (excluding diaryl/α,β-unsaturated/α-hetero) is 1. The lowest BCUT2D eigenvalue weighted by atomic mass is 9.94. The minimum atomic E-state index is 0.129. The Bertz CT molecular complexity index is 1190. The maximum Gasteiger partial charge on any atom is 0.232 e. The number of carbonyl (C=O) groups excluding carboxylic acids is 1. The minimum Gasteiger partial charge on any atom is -0.477 e. The third kappa shape index (κ3) is 5.58. The third-order valence-electron chi connectivity index (χ3n) is 6.90. The van der Waals surface area contributed by atoms with E-state index in [1.165, 1.54) is 18.4 Å². The van der Waals surface area contributed by atoms with E-state index in [1.807, 2.05) is 19.2 Å². The summed E-state index contributed by atoms with van der Waals surface area (Å²) in [7, 11) is 2.17. The van der Waals surface area contributed by atoms with Gasteiger partial charge in [0.1, 0.15) is 21.2 Å². The Morgan fingerprint density at radius 3 is 2.71 bits per heavy atom. The van der Waals surface area contributed by atoms with E-state index in [1.54, 1.807) is 17.5 Å². The Morgan fingerprint density at radius 2 is 1.97 bits per heavy atom. The first-order valence-electron chi connectivity index (χ1n) is 12.2. The molecule has 0 radical (unpaired) electrons. The molecule has 0 amide bonds. The lowest BCUT2D eigenvalue weighted by Gasteiger charge is -2.28. The number of aromatic nitrogens is 3. The zero-order valence-electron chi connectivity index (χ0n) is 19.8. The number of thiazole rings is 1. The van der Waals surface area contributed by atoms with Crippen LogP contribution >= 0.6 is 22.9 Å². The molecule has 0 aromatic carbocycles. The van der Waals surface area contributed by atoms with Crippen LogP contribution in [0.2, 0.25) is 5.02 Å². The SMILES string of the molecule is Cc1nc2c(C3CC3)c(CC(=O)Cc3cnc(OCCC4CCN(C)CC4)c(Cl)c3)cnc2s1. The lowest BCUT2D eigenvalue weighted by Crippen LogP contribution is -2.30. The normalized spacial score (nSPS) is 17.4. The second kappa shape index (κ2) is 10.3. The summed E-state index contributed by atoms with van der Waals surface area (Å²) in [5.41, 5.74) is 4.04. The van der Waals surface area contributed by atoms with Crippen molar-refractivity contribution in [2.45, 2.75) is 57.8 Å². The summed E-state index contributed by atoms with van der Waals surface area (Å²) in [5.74, 6) is 1.80. The molecule has 6 nitrogen and oxygen atoms in total. The van der Waals surface area contributed by atoms with Gasteiger partial charge in [0.05, 0.1) is 11.6 Å². The first-order chi connectivity index (χ1) is 16.5. The van der Waals surface area contributed by atoms with E-state index in [0.29, 0.717) is 42.2 Å². The van der Waals surface area contributed by atoms with Crippen molar-refractivity contribution in [1.82, 2.24) is 19.9 Å². The van der Waals surface area contributed by atoms with Gasteiger partial charge in [0.25, 0.3) is 0 Å². The molecule has 0 bridgehead atoms. The van der Waals surface area contributed by atoms with E-state index in [9.17, 15) is 4.79 Å². The van der Waals surface area contributed by atoms with Gasteiger partial charge in [-0.25, -0.2) is 15.0 Å². The first kappa shape index (κ1) is 23.6. The van der Waals surface area contributed by atoms with Crippen LogP contribution in [0.5, 0.6) is 5.88 Å². The van der Waals surface area contributed by atoms with E-state index < -0.39 is 0 Å². The highest BCUT2D eigenvalue weighted by Crippen LogP contribution is 2.45. The molecule has 1 saturated carbocycles. The Balaban J connectivity index is 1.18. The zero-order valence-corrected chi connectivity index (χ0v) is 21.4. The van der Waals surface area contributed by atoms with E-state index in [-0.39, 0.29) is 5.78 Å². The van der Waals surface area contributed by atoms with E-state index in [4.69, 9.17) is 21.3 Å². The van der Waals surface area contributed by atoms with Crippen LogP contribution in [-0.4, -0.2) is 52.4 Å². The van der Waals surface area contributed by atoms with Crippen molar-refractivity contribution in [2.24, 2.45) is 5.92 Å². The van der Waals surface area contributed by atoms with Crippen LogP contribution in [0.15, 0.2) is 18.5 Å².